The van der Waals surface area contributed by atoms with Crippen LogP contribution in [0.15, 0.2) is 67.5 Å². The third kappa shape index (κ3) is 5.30. The lowest BCUT2D eigenvalue weighted by Gasteiger charge is -1.92. The lowest BCUT2D eigenvalue weighted by atomic mass is 10.1. The van der Waals surface area contributed by atoms with E-state index in [0.717, 1.165) is 5.92 Å². The summed E-state index contributed by atoms with van der Waals surface area (Å²) in [5.41, 5.74) is 1.53. The van der Waals surface area contributed by atoms with E-state index in [1.165, 1.54) is 36.6 Å². The number of hydrogen-bond acceptors (Lipinski definition) is 0. The number of benzene rings is 1. The van der Waals surface area contributed by atoms with Crippen molar-refractivity contribution in [3.8, 4) is 0 Å². The van der Waals surface area contributed by atoms with Crippen molar-refractivity contribution in [1.82, 2.24) is 0 Å². The van der Waals surface area contributed by atoms with Crippen molar-refractivity contribution >= 4 is 0 Å². The van der Waals surface area contributed by atoms with E-state index in [4.69, 9.17) is 0 Å². The quantitative estimate of drug-likeness (QED) is 0.638. The molecule has 0 atom stereocenters. The van der Waals surface area contributed by atoms with Crippen LogP contribution in [0.25, 0.3) is 0 Å². The molecule has 0 heterocycles. The molecule has 16 heavy (non-hydrogen) atoms. The Morgan fingerprint density at radius 1 is 1.25 bits per heavy atom. The molecule has 84 valence electrons. The highest BCUT2D eigenvalue weighted by atomic mass is 19.1. The van der Waals surface area contributed by atoms with E-state index in [2.05, 4.69) is 43.5 Å². The van der Waals surface area contributed by atoms with E-state index >= 15 is 0 Å². The van der Waals surface area contributed by atoms with Gasteiger partial charge in [0.2, 0.25) is 0 Å². The molecule has 0 aliphatic heterocycles. The first-order valence-electron chi connectivity index (χ1n) is 5.42. The number of rotatable bonds is 3. The summed E-state index contributed by atoms with van der Waals surface area (Å²) in [6, 6.07) is 10.8. The first-order chi connectivity index (χ1) is 7.74. The molecule has 1 aromatic rings. The summed E-state index contributed by atoms with van der Waals surface area (Å²) in [5, 5.41) is 0. The molecule has 1 aliphatic carbocycles. The highest BCUT2D eigenvalue weighted by Gasteiger charge is 2.22. The minimum absolute atomic E-state index is 0.445. The van der Waals surface area contributed by atoms with Crippen molar-refractivity contribution in [2.75, 3.05) is 0 Å². The Hall–Kier alpha value is -1.63. The zero-order valence-corrected chi connectivity index (χ0v) is 9.40. The van der Waals surface area contributed by atoms with Gasteiger partial charge in [0.15, 0.2) is 0 Å². The van der Waals surface area contributed by atoms with Crippen molar-refractivity contribution in [3.63, 3.8) is 0 Å². The normalized spacial score (nSPS) is 14.1. The summed E-state index contributed by atoms with van der Waals surface area (Å²) in [6.07, 6.45) is 7.04. The maximum Gasteiger partial charge on any atom is 0.116 e. The van der Waals surface area contributed by atoms with Gasteiger partial charge in [-0.05, 0) is 30.4 Å². The molecule has 1 aliphatic rings. The number of halogens is 1. The Kier molecular flexibility index (Phi) is 5.27. The highest BCUT2D eigenvalue weighted by Crippen LogP contribution is 2.39. The molecule has 0 saturated heterocycles. The topological polar surface area (TPSA) is 0 Å². The van der Waals surface area contributed by atoms with Gasteiger partial charge in [0.25, 0.3) is 0 Å². The van der Waals surface area contributed by atoms with Gasteiger partial charge in [0, 0.05) is 0 Å². The van der Waals surface area contributed by atoms with Gasteiger partial charge in [-0.3, -0.25) is 0 Å². The first kappa shape index (κ1) is 12.4. The van der Waals surface area contributed by atoms with Gasteiger partial charge in [-0.15, -0.1) is 0 Å². The minimum Gasteiger partial charge on any atom is -0.208 e. The van der Waals surface area contributed by atoms with Gasteiger partial charge < -0.3 is 0 Å². The molecule has 0 radical (unpaired) electrons. The molecule has 0 amide bonds. The Morgan fingerprint density at radius 2 is 1.88 bits per heavy atom. The van der Waals surface area contributed by atoms with Gasteiger partial charge in [-0.2, -0.15) is 0 Å². The summed E-state index contributed by atoms with van der Waals surface area (Å²) in [6.45, 7) is 6.33. The zero-order chi connectivity index (χ0) is 11.8. The van der Waals surface area contributed by atoms with E-state index in [1.54, 1.807) is 0 Å². The van der Waals surface area contributed by atoms with Crippen LogP contribution in [0, 0.1) is 0 Å². The highest BCUT2D eigenvalue weighted by molar-refractivity contribution is 5.22. The van der Waals surface area contributed by atoms with Crippen LogP contribution in [0.4, 0.5) is 4.39 Å². The summed E-state index contributed by atoms with van der Waals surface area (Å²) in [5.74, 6) is 0.464. The molecule has 0 nitrogen and oxygen atoms in total. The Balaban J connectivity index is 0.000000168. The fourth-order valence-electron chi connectivity index (χ4n) is 1.31. The van der Waals surface area contributed by atoms with Crippen LogP contribution in [0.5, 0.6) is 0 Å². The Bertz CT molecular complexity index is 358. The van der Waals surface area contributed by atoms with Crippen molar-refractivity contribution in [1.29, 1.82) is 0 Å². The van der Waals surface area contributed by atoms with E-state index in [-0.39, 0.29) is 0 Å². The molecule has 1 saturated carbocycles. The van der Waals surface area contributed by atoms with Crippen LogP contribution >= 0.6 is 0 Å². The average Bonchev–Trinajstić information content (AvgIpc) is 3.12. The molecule has 1 aromatic carbocycles. The fraction of sp³-hybridized carbons (Fsp3) is 0.200. The molecule has 0 unspecified atom stereocenters. The van der Waals surface area contributed by atoms with Crippen LogP contribution in [-0.2, 0) is 0 Å². The van der Waals surface area contributed by atoms with Gasteiger partial charge in [-0.1, -0.05) is 55.6 Å². The minimum atomic E-state index is -0.445. The molecule has 0 bridgehead atoms. The molecule has 0 aromatic heterocycles. The van der Waals surface area contributed by atoms with Gasteiger partial charge in [0.05, 0.1) is 0 Å². The van der Waals surface area contributed by atoms with Crippen molar-refractivity contribution in [2.45, 2.75) is 18.8 Å². The smallest absolute Gasteiger partial charge is 0.116 e. The fourth-order valence-corrected chi connectivity index (χ4v) is 1.31. The Labute approximate surface area is 96.8 Å². The standard InChI is InChI=1S/C9H10.C6H7F/c1-2-4-8(5-3-1)9-6-7-9;1-3-4-5-6(2)7/h1-5,9H,6-7H2;3-5H,1-2H2/b;5-4-. The number of allylic oxidation sites excluding steroid dienone is 4. The predicted molar refractivity (Wildman–Crippen MR) is 68.0 cm³/mol. The van der Waals surface area contributed by atoms with Gasteiger partial charge >= 0.3 is 0 Å². The van der Waals surface area contributed by atoms with Crippen molar-refractivity contribution in [2.24, 2.45) is 0 Å². The van der Waals surface area contributed by atoms with Crippen LogP contribution in [0.3, 0.4) is 0 Å². The monoisotopic (exact) mass is 216 g/mol. The molecule has 1 heteroatoms. The Morgan fingerprint density at radius 3 is 2.25 bits per heavy atom. The zero-order valence-electron chi connectivity index (χ0n) is 9.40. The third-order valence-corrected chi connectivity index (χ3v) is 2.26. The average molecular weight is 216 g/mol. The third-order valence-electron chi connectivity index (χ3n) is 2.26. The predicted octanol–water partition coefficient (Wildman–Crippen LogP) is 4.78. The van der Waals surface area contributed by atoms with Crippen LogP contribution in [0.1, 0.15) is 24.3 Å². The van der Waals surface area contributed by atoms with E-state index in [1.807, 2.05) is 0 Å². The SMILES string of the molecule is C=C/C=C\C(=C)F.c1ccc(C2CC2)cc1. The van der Waals surface area contributed by atoms with Crippen LogP contribution in [0.2, 0.25) is 0 Å². The molecule has 1 fully saturated rings. The lowest BCUT2D eigenvalue weighted by molar-refractivity contribution is 0.671. The first-order valence-corrected chi connectivity index (χ1v) is 5.42. The summed E-state index contributed by atoms with van der Waals surface area (Å²) >= 11 is 0. The van der Waals surface area contributed by atoms with Crippen LogP contribution < -0.4 is 0 Å². The van der Waals surface area contributed by atoms with E-state index in [9.17, 15) is 4.39 Å². The second-order valence-corrected chi connectivity index (χ2v) is 3.73. The molecule has 0 spiro atoms. The van der Waals surface area contributed by atoms with E-state index < -0.39 is 5.83 Å². The largest absolute Gasteiger partial charge is 0.208 e. The summed E-state index contributed by atoms with van der Waals surface area (Å²) in [7, 11) is 0. The lowest BCUT2D eigenvalue weighted by Crippen LogP contribution is -1.73. The molecular formula is C15H17F. The second-order valence-electron chi connectivity index (χ2n) is 3.73. The maximum atomic E-state index is 11.6. The molecule has 0 N–H and O–H groups in total. The van der Waals surface area contributed by atoms with Crippen molar-refractivity contribution < 1.29 is 4.39 Å². The summed E-state index contributed by atoms with van der Waals surface area (Å²) < 4.78 is 11.6. The van der Waals surface area contributed by atoms with E-state index in [0.29, 0.717) is 0 Å². The maximum absolute atomic E-state index is 11.6. The molecule has 2 rings (SSSR count). The number of hydrogen-bond donors (Lipinski definition) is 0. The summed E-state index contributed by atoms with van der Waals surface area (Å²) in [4.78, 5) is 0. The van der Waals surface area contributed by atoms with Gasteiger partial charge in [0.1, 0.15) is 5.83 Å². The molecular weight excluding hydrogens is 199 g/mol. The van der Waals surface area contributed by atoms with Crippen LogP contribution in [-0.4, -0.2) is 0 Å². The van der Waals surface area contributed by atoms with Gasteiger partial charge in [-0.25, -0.2) is 4.39 Å². The second kappa shape index (κ2) is 6.78. The van der Waals surface area contributed by atoms with Crippen molar-refractivity contribution in [3.05, 3.63) is 73.1 Å².